The zero-order valence-corrected chi connectivity index (χ0v) is 12.0. The molecule has 1 aromatic rings. The van der Waals surface area contributed by atoms with Crippen LogP contribution in [0.15, 0.2) is 21.5 Å². The Kier molecular flexibility index (Phi) is 4.79. The SMILES string of the molecule is Cn1cc(Br)c(OCCN2CCOCC2)cc1=O. The first-order valence-corrected chi connectivity index (χ1v) is 6.75. The van der Waals surface area contributed by atoms with E-state index in [-0.39, 0.29) is 5.56 Å². The van der Waals surface area contributed by atoms with E-state index in [1.807, 2.05) is 0 Å². The van der Waals surface area contributed by atoms with Gasteiger partial charge in [0, 0.05) is 38.9 Å². The Balaban J connectivity index is 1.86. The Morgan fingerprint density at radius 2 is 2.17 bits per heavy atom. The van der Waals surface area contributed by atoms with Crippen LogP contribution in [-0.2, 0) is 11.8 Å². The summed E-state index contributed by atoms with van der Waals surface area (Å²) in [4.78, 5) is 13.8. The van der Waals surface area contributed by atoms with E-state index < -0.39 is 0 Å². The van der Waals surface area contributed by atoms with Crippen molar-refractivity contribution in [3.05, 3.63) is 27.1 Å². The van der Waals surface area contributed by atoms with E-state index >= 15 is 0 Å². The van der Waals surface area contributed by atoms with Crippen LogP contribution in [0.1, 0.15) is 0 Å². The van der Waals surface area contributed by atoms with Crippen LogP contribution in [0.2, 0.25) is 0 Å². The molecule has 1 fully saturated rings. The molecule has 2 rings (SSSR count). The second-order valence-corrected chi connectivity index (χ2v) is 5.09. The summed E-state index contributed by atoms with van der Waals surface area (Å²) in [5.41, 5.74) is -0.0698. The third kappa shape index (κ3) is 3.57. The molecule has 0 saturated carbocycles. The molecule has 1 aromatic heterocycles. The minimum Gasteiger partial charge on any atom is -0.491 e. The number of halogens is 1. The van der Waals surface area contributed by atoms with Gasteiger partial charge in [0.1, 0.15) is 12.4 Å². The van der Waals surface area contributed by atoms with Crippen molar-refractivity contribution in [2.75, 3.05) is 39.5 Å². The minimum absolute atomic E-state index is 0.0698. The number of pyridine rings is 1. The second kappa shape index (κ2) is 6.36. The number of aromatic nitrogens is 1. The zero-order chi connectivity index (χ0) is 13.0. The monoisotopic (exact) mass is 316 g/mol. The zero-order valence-electron chi connectivity index (χ0n) is 10.4. The lowest BCUT2D eigenvalue weighted by atomic mass is 10.4. The molecule has 0 spiro atoms. The van der Waals surface area contributed by atoms with Crippen LogP contribution in [0.3, 0.4) is 0 Å². The largest absolute Gasteiger partial charge is 0.491 e. The predicted octanol–water partition coefficient (Wildman–Crippen LogP) is 0.859. The lowest BCUT2D eigenvalue weighted by Gasteiger charge is -2.26. The highest BCUT2D eigenvalue weighted by molar-refractivity contribution is 9.10. The van der Waals surface area contributed by atoms with Crippen LogP contribution < -0.4 is 10.3 Å². The molecule has 0 N–H and O–H groups in total. The first-order chi connectivity index (χ1) is 8.66. The van der Waals surface area contributed by atoms with Crippen LogP contribution in [0, 0.1) is 0 Å². The molecule has 0 aliphatic carbocycles. The van der Waals surface area contributed by atoms with Gasteiger partial charge in [0.2, 0.25) is 0 Å². The van der Waals surface area contributed by atoms with E-state index in [1.165, 1.54) is 10.6 Å². The van der Waals surface area contributed by atoms with Crippen LogP contribution in [-0.4, -0.2) is 48.9 Å². The molecule has 0 unspecified atom stereocenters. The van der Waals surface area contributed by atoms with Gasteiger partial charge in [0.25, 0.3) is 5.56 Å². The summed E-state index contributed by atoms with van der Waals surface area (Å²) >= 11 is 3.39. The Morgan fingerprint density at radius 1 is 1.44 bits per heavy atom. The minimum atomic E-state index is -0.0698. The molecule has 18 heavy (non-hydrogen) atoms. The van der Waals surface area contributed by atoms with Gasteiger partial charge in [-0.2, -0.15) is 0 Å². The number of ether oxygens (including phenoxy) is 2. The molecule has 100 valence electrons. The highest BCUT2D eigenvalue weighted by Gasteiger charge is 2.10. The molecule has 0 bridgehead atoms. The molecule has 1 saturated heterocycles. The predicted molar refractivity (Wildman–Crippen MR) is 72.1 cm³/mol. The van der Waals surface area contributed by atoms with E-state index in [4.69, 9.17) is 9.47 Å². The van der Waals surface area contributed by atoms with Gasteiger partial charge in [-0.1, -0.05) is 0 Å². The fourth-order valence-electron chi connectivity index (χ4n) is 1.80. The molecule has 1 aliphatic rings. The van der Waals surface area contributed by atoms with Gasteiger partial charge in [0.15, 0.2) is 0 Å². The number of nitrogens with zero attached hydrogens (tertiary/aromatic N) is 2. The summed E-state index contributed by atoms with van der Waals surface area (Å²) in [7, 11) is 1.71. The highest BCUT2D eigenvalue weighted by atomic mass is 79.9. The van der Waals surface area contributed by atoms with E-state index in [2.05, 4.69) is 20.8 Å². The number of hydrogen-bond acceptors (Lipinski definition) is 4. The van der Waals surface area contributed by atoms with Crippen molar-refractivity contribution in [2.45, 2.75) is 0 Å². The number of aryl methyl sites for hydroxylation is 1. The lowest BCUT2D eigenvalue weighted by Crippen LogP contribution is -2.38. The van der Waals surface area contributed by atoms with Gasteiger partial charge >= 0.3 is 0 Å². The van der Waals surface area contributed by atoms with Crippen LogP contribution in [0.4, 0.5) is 0 Å². The van der Waals surface area contributed by atoms with Crippen molar-refractivity contribution in [1.29, 1.82) is 0 Å². The molecule has 0 amide bonds. The number of morpholine rings is 1. The van der Waals surface area contributed by atoms with Gasteiger partial charge in [-0.25, -0.2) is 0 Å². The highest BCUT2D eigenvalue weighted by Crippen LogP contribution is 2.21. The van der Waals surface area contributed by atoms with E-state index in [0.29, 0.717) is 12.4 Å². The number of rotatable bonds is 4. The van der Waals surface area contributed by atoms with Gasteiger partial charge in [-0.3, -0.25) is 9.69 Å². The quantitative estimate of drug-likeness (QED) is 0.826. The summed E-state index contributed by atoms with van der Waals surface area (Å²) in [5.74, 6) is 0.603. The van der Waals surface area contributed by atoms with Crippen LogP contribution in [0.25, 0.3) is 0 Å². The van der Waals surface area contributed by atoms with E-state index in [1.54, 1.807) is 13.2 Å². The summed E-state index contributed by atoms with van der Waals surface area (Å²) < 4.78 is 13.2. The van der Waals surface area contributed by atoms with Crippen molar-refractivity contribution >= 4 is 15.9 Å². The lowest BCUT2D eigenvalue weighted by molar-refractivity contribution is 0.0322. The summed E-state index contributed by atoms with van der Waals surface area (Å²) in [6.45, 7) is 4.89. The van der Waals surface area contributed by atoms with Crippen molar-refractivity contribution in [3.63, 3.8) is 0 Å². The Hall–Kier alpha value is -0.850. The molecule has 6 heteroatoms. The Morgan fingerprint density at radius 3 is 2.89 bits per heavy atom. The molecule has 0 radical (unpaired) electrons. The topological polar surface area (TPSA) is 43.7 Å². The van der Waals surface area contributed by atoms with E-state index in [0.717, 1.165) is 37.3 Å². The standard InChI is InChI=1S/C12H17BrN2O3/c1-14-9-10(13)11(8-12(14)16)18-7-4-15-2-5-17-6-3-15/h8-9H,2-7H2,1H3. The smallest absolute Gasteiger partial charge is 0.254 e. The third-order valence-electron chi connectivity index (χ3n) is 2.91. The molecule has 1 aliphatic heterocycles. The van der Waals surface area contributed by atoms with Crippen LogP contribution in [0.5, 0.6) is 5.75 Å². The van der Waals surface area contributed by atoms with Crippen molar-refractivity contribution in [1.82, 2.24) is 9.47 Å². The molecule has 0 atom stereocenters. The fraction of sp³-hybridized carbons (Fsp3) is 0.583. The van der Waals surface area contributed by atoms with Crippen molar-refractivity contribution < 1.29 is 9.47 Å². The first-order valence-electron chi connectivity index (χ1n) is 5.96. The second-order valence-electron chi connectivity index (χ2n) is 4.24. The van der Waals surface area contributed by atoms with Gasteiger partial charge in [-0.05, 0) is 15.9 Å². The Bertz CT molecular complexity index is 455. The van der Waals surface area contributed by atoms with Gasteiger partial charge < -0.3 is 14.0 Å². The first kappa shape index (κ1) is 13.6. The van der Waals surface area contributed by atoms with E-state index in [9.17, 15) is 4.79 Å². The molecule has 0 aromatic carbocycles. The summed E-state index contributed by atoms with van der Waals surface area (Å²) in [6.07, 6.45) is 1.71. The fourth-order valence-corrected chi connectivity index (χ4v) is 2.34. The summed E-state index contributed by atoms with van der Waals surface area (Å²) in [6, 6.07) is 1.50. The molecule has 5 nitrogen and oxygen atoms in total. The van der Waals surface area contributed by atoms with Gasteiger partial charge in [-0.15, -0.1) is 0 Å². The maximum Gasteiger partial charge on any atom is 0.254 e. The average Bonchev–Trinajstić information content (AvgIpc) is 2.37. The van der Waals surface area contributed by atoms with Crippen molar-refractivity contribution in [2.24, 2.45) is 7.05 Å². The molecular formula is C12H17BrN2O3. The van der Waals surface area contributed by atoms with Gasteiger partial charge in [0.05, 0.1) is 17.7 Å². The maximum absolute atomic E-state index is 11.5. The normalized spacial score (nSPS) is 16.8. The molecule has 2 heterocycles. The average molecular weight is 317 g/mol. The van der Waals surface area contributed by atoms with Crippen LogP contribution >= 0.6 is 15.9 Å². The summed E-state index contributed by atoms with van der Waals surface area (Å²) in [5, 5.41) is 0. The maximum atomic E-state index is 11.5. The Labute approximate surface area is 114 Å². The number of hydrogen-bond donors (Lipinski definition) is 0. The third-order valence-corrected chi connectivity index (χ3v) is 3.51. The van der Waals surface area contributed by atoms with Crippen molar-refractivity contribution in [3.8, 4) is 5.75 Å². The molecular weight excluding hydrogens is 300 g/mol.